The SMILES string of the molecule is COc1cc(-c2cc(O)c(-c3cnc(N(C4CC4)[C@@H]4CC5CC[C@H](N5)[C@@H]4F)cn3)cc2F)ncn1. The van der Waals surface area contributed by atoms with Gasteiger partial charge in [-0.3, -0.25) is 4.98 Å². The molecule has 4 heterocycles. The van der Waals surface area contributed by atoms with Gasteiger partial charge in [-0.15, -0.1) is 0 Å². The van der Waals surface area contributed by atoms with Crippen LogP contribution in [0.3, 0.4) is 0 Å². The summed E-state index contributed by atoms with van der Waals surface area (Å²) in [5.74, 6) is 0.181. The minimum absolute atomic E-state index is 0.0967. The Bertz CT molecular complexity index is 1240. The molecule has 2 N–H and O–H groups in total. The van der Waals surface area contributed by atoms with Crippen molar-refractivity contribution in [3.63, 3.8) is 0 Å². The molecular formula is C25H26F2N6O2. The summed E-state index contributed by atoms with van der Waals surface area (Å²) in [6.45, 7) is 0. The fraction of sp³-hybridized carbons (Fsp3) is 0.440. The molecule has 2 aromatic heterocycles. The predicted octanol–water partition coefficient (Wildman–Crippen LogP) is 3.65. The normalized spacial score (nSPS) is 25.5. The Balaban J connectivity index is 1.28. The molecule has 4 atom stereocenters. The van der Waals surface area contributed by atoms with E-state index in [0.29, 0.717) is 17.6 Å². The first-order valence-corrected chi connectivity index (χ1v) is 11.9. The lowest BCUT2D eigenvalue weighted by Gasteiger charge is -2.41. The number of aromatic nitrogens is 4. The van der Waals surface area contributed by atoms with Gasteiger partial charge < -0.3 is 20.1 Å². The van der Waals surface area contributed by atoms with Crippen molar-refractivity contribution in [2.75, 3.05) is 12.0 Å². The van der Waals surface area contributed by atoms with Gasteiger partial charge >= 0.3 is 0 Å². The zero-order valence-corrected chi connectivity index (χ0v) is 19.2. The maximum atomic E-state index is 15.3. The maximum Gasteiger partial charge on any atom is 0.216 e. The Morgan fingerprint density at radius 2 is 1.86 bits per heavy atom. The first-order valence-electron chi connectivity index (χ1n) is 11.9. The number of rotatable bonds is 6. The smallest absolute Gasteiger partial charge is 0.216 e. The summed E-state index contributed by atoms with van der Waals surface area (Å²) >= 11 is 0. The Labute approximate surface area is 201 Å². The molecule has 182 valence electrons. The van der Waals surface area contributed by atoms with Crippen LogP contribution >= 0.6 is 0 Å². The third-order valence-corrected chi connectivity index (χ3v) is 7.24. The van der Waals surface area contributed by atoms with Gasteiger partial charge in [0.15, 0.2) is 0 Å². The lowest BCUT2D eigenvalue weighted by atomic mass is 9.96. The molecular weight excluding hydrogens is 454 g/mol. The fourth-order valence-electron chi connectivity index (χ4n) is 5.38. The van der Waals surface area contributed by atoms with Crippen molar-refractivity contribution in [2.24, 2.45) is 0 Å². The second kappa shape index (κ2) is 8.67. The molecule has 0 amide bonds. The zero-order chi connectivity index (χ0) is 24.1. The third-order valence-electron chi connectivity index (χ3n) is 7.24. The Morgan fingerprint density at radius 3 is 2.60 bits per heavy atom. The van der Waals surface area contributed by atoms with E-state index in [2.05, 4.69) is 30.2 Å². The van der Waals surface area contributed by atoms with Gasteiger partial charge in [0.2, 0.25) is 5.88 Å². The predicted molar refractivity (Wildman–Crippen MR) is 125 cm³/mol. The molecule has 10 heteroatoms. The van der Waals surface area contributed by atoms with Crippen LogP contribution in [0.5, 0.6) is 11.6 Å². The number of phenolic OH excluding ortho intramolecular Hbond substituents is 1. The molecule has 0 radical (unpaired) electrons. The van der Waals surface area contributed by atoms with E-state index in [1.54, 1.807) is 6.20 Å². The van der Waals surface area contributed by atoms with Crippen molar-refractivity contribution in [3.05, 3.63) is 42.7 Å². The number of halogens is 2. The summed E-state index contributed by atoms with van der Waals surface area (Å²) in [6.07, 6.45) is 8.07. The number of alkyl halides is 1. The van der Waals surface area contributed by atoms with Gasteiger partial charge in [0, 0.05) is 35.3 Å². The largest absolute Gasteiger partial charge is 0.507 e. The number of hydrogen-bond donors (Lipinski definition) is 2. The highest BCUT2D eigenvalue weighted by Crippen LogP contribution is 2.40. The number of fused-ring (bicyclic) bond motifs is 2. The van der Waals surface area contributed by atoms with E-state index in [-0.39, 0.29) is 46.6 Å². The van der Waals surface area contributed by atoms with Gasteiger partial charge in [0.25, 0.3) is 0 Å². The van der Waals surface area contributed by atoms with E-state index in [1.807, 2.05) is 0 Å². The number of phenols is 1. The van der Waals surface area contributed by atoms with Gasteiger partial charge in [-0.25, -0.2) is 23.7 Å². The molecule has 3 fully saturated rings. The maximum absolute atomic E-state index is 15.3. The minimum Gasteiger partial charge on any atom is -0.507 e. The summed E-state index contributed by atoms with van der Waals surface area (Å²) in [5.41, 5.74) is 0.947. The Hall–Kier alpha value is -3.40. The quantitative estimate of drug-likeness (QED) is 0.552. The highest BCUT2D eigenvalue weighted by Gasteiger charge is 2.48. The highest BCUT2D eigenvalue weighted by atomic mass is 19.1. The molecule has 1 aliphatic carbocycles. The standard InChI is InChI=1S/C25H26F2N6O2/c1-35-24-9-19(30-12-31-24)15-8-22(34)16(7-17(15)26)20-10-29-23(11-28-20)33(14-3-4-14)21-6-13-2-5-18(32-13)25(21)27/h7-14,18,21,25,32,34H,2-6H2,1H3/t13?,18-,21+,25-/m0/s1. The summed E-state index contributed by atoms with van der Waals surface area (Å²) in [4.78, 5) is 19.1. The van der Waals surface area contributed by atoms with Crippen LogP contribution in [0.1, 0.15) is 32.1 Å². The lowest BCUT2D eigenvalue weighted by Crippen LogP contribution is -2.57. The van der Waals surface area contributed by atoms with E-state index >= 15 is 8.78 Å². The first-order chi connectivity index (χ1) is 17.0. The van der Waals surface area contributed by atoms with Gasteiger partial charge in [0.05, 0.1) is 36.9 Å². The molecule has 6 rings (SSSR count). The van der Waals surface area contributed by atoms with Crippen LogP contribution in [-0.4, -0.2) is 62.5 Å². The van der Waals surface area contributed by atoms with E-state index in [4.69, 9.17) is 4.74 Å². The summed E-state index contributed by atoms with van der Waals surface area (Å²) in [6, 6.07) is 4.30. The molecule has 1 unspecified atom stereocenters. The van der Waals surface area contributed by atoms with Crippen molar-refractivity contribution >= 4 is 5.82 Å². The third kappa shape index (κ3) is 4.05. The number of ether oxygens (including phenoxy) is 1. The summed E-state index contributed by atoms with van der Waals surface area (Å²) < 4.78 is 35.4. The van der Waals surface area contributed by atoms with Gasteiger partial charge in [-0.05, 0) is 44.2 Å². The number of aromatic hydroxyl groups is 1. The van der Waals surface area contributed by atoms with Crippen molar-refractivity contribution in [1.82, 2.24) is 25.3 Å². The Morgan fingerprint density at radius 1 is 1.00 bits per heavy atom. The van der Waals surface area contributed by atoms with Crippen LogP contribution in [0.15, 0.2) is 36.9 Å². The monoisotopic (exact) mass is 480 g/mol. The summed E-state index contributed by atoms with van der Waals surface area (Å²) in [5, 5.41) is 14.0. The fourth-order valence-corrected chi connectivity index (χ4v) is 5.38. The molecule has 3 aliphatic rings. The van der Waals surface area contributed by atoms with E-state index in [1.165, 1.54) is 37.8 Å². The van der Waals surface area contributed by atoms with E-state index < -0.39 is 12.0 Å². The van der Waals surface area contributed by atoms with Crippen LogP contribution in [0.25, 0.3) is 22.5 Å². The number of methoxy groups -OCH3 is 1. The van der Waals surface area contributed by atoms with Gasteiger partial charge in [-0.2, -0.15) is 0 Å². The second-order valence-electron chi connectivity index (χ2n) is 9.49. The van der Waals surface area contributed by atoms with Gasteiger partial charge in [0.1, 0.15) is 29.9 Å². The number of piperidine rings is 1. The van der Waals surface area contributed by atoms with Crippen LogP contribution < -0.4 is 15.0 Å². The molecule has 1 aromatic carbocycles. The molecule has 2 bridgehead atoms. The average molecular weight is 481 g/mol. The Kier molecular flexibility index (Phi) is 5.47. The van der Waals surface area contributed by atoms with Crippen LogP contribution in [-0.2, 0) is 0 Å². The van der Waals surface area contributed by atoms with Gasteiger partial charge in [-0.1, -0.05) is 0 Å². The molecule has 2 aliphatic heterocycles. The lowest BCUT2D eigenvalue weighted by molar-refractivity contribution is 0.171. The number of nitrogens with one attached hydrogen (secondary N) is 1. The van der Waals surface area contributed by atoms with Crippen LogP contribution in [0, 0.1) is 5.82 Å². The molecule has 0 spiro atoms. The second-order valence-corrected chi connectivity index (χ2v) is 9.49. The molecule has 35 heavy (non-hydrogen) atoms. The van der Waals surface area contributed by atoms with Crippen molar-refractivity contribution in [2.45, 2.75) is 62.4 Å². The zero-order valence-electron chi connectivity index (χ0n) is 19.2. The number of anilines is 1. The van der Waals surface area contributed by atoms with Crippen molar-refractivity contribution in [1.29, 1.82) is 0 Å². The number of hydrogen-bond acceptors (Lipinski definition) is 8. The topological polar surface area (TPSA) is 96.3 Å². The number of benzene rings is 1. The first kappa shape index (κ1) is 22.1. The van der Waals surface area contributed by atoms with E-state index in [0.717, 1.165) is 32.1 Å². The number of nitrogens with zero attached hydrogens (tertiary/aromatic N) is 5. The summed E-state index contributed by atoms with van der Waals surface area (Å²) in [7, 11) is 1.46. The highest BCUT2D eigenvalue weighted by molar-refractivity contribution is 5.73. The molecule has 1 saturated carbocycles. The van der Waals surface area contributed by atoms with Crippen molar-refractivity contribution < 1.29 is 18.6 Å². The van der Waals surface area contributed by atoms with Crippen LogP contribution in [0.4, 0.5) is 14.6 Å². The average Bonchev–Trinajstić information content (AvgIpc) is 3.63. The van der Waals surface area contributed by atoms with Crippen LogP contribution in [0.2, 0.25) is 0 Å². The molecule has 8 nitrogen and oxygen atoms in total. The van der Waals surface area contributed by atoms with Crippen molar-refractivity contribution in [3.8, 4) is 34.1 Å². The molecule has 2 saturated heterocycles. The minimum atomic E-state index is -0.957. The molecule has 3 aromatic rings. The van der Waals surface area contributed by atoms with E-state index in [9.17, 15) is 5.11 Å².